The van der Waals surface area contributed by atoms with Gasteiger partial charge in [-0.05, 0) is 66.8 Å². The lowest BCUT2D eigenvalue weighted by atomic mass is 9.84. The number of rotatable bonds is 7. The minimum Gasteiger partial charge on any atom is -0.439 e. The Hall–Kier alpha value is -3.95. The molecule has 1 saturated heterocycles. The fourth-order valence-electron chi connectivity index (χ4n) is 4.62. The molecule has 10 heteroatoms. The lowest BCUT2D eigenvalue weighted by Gasteiger charge is -2.37. The number of hydrogen-bond donors (Lipinski definition) is 2. The van der Waals surface area contributed by atoms with Crippen molar-refractivity contribution in [3.8, 4) is 11.6 Å². The molecule has 2 aromatic carbocycles. The molecule has 1 unspecified atom stereocenters. The van der Waals surface area contributed by atoms with Gasteiger partial charge >= 0.3 is 0 Å². The first kappa shape index (κ1) is 25.7. The normalized spacial score (nSPS) is 18.1. The summed E-state index contributed by atoms with van der Waals surface area (Å²) in [6.07, 6.45) is 1.73. The fraction of sp³-hybridized carbons (Fsp3) is 0.286. The van der Waals surface area contributed by atoms with Gasteiger partial charge in [-0.3, -0.25) is 19.5 Å². The first-order chi connectivity index (χ1) is 18.5. The molecule has 2 aliphatic heterocycles. The number of ether oxygens (including phenoxy) is 2. The standard InChI is InChI=1S/C28H28ClN5O4/c29-20-6-4-18(5-7-20)17-34-27(36)23(19-12-14-37-15-13-19)16-31-28(34)32-21-8-10-22(11-9-21)38-25-3-1-2-24(33-25)26(30)35/h1-11,19,23H,12-17H2,(H2,30,35)(H,31,32). The smallest absolute Gasteiger partial charge is 0.267 e. The first-order valence-corrected chi connectivity index (χ1v) is 12.8. The number of benzene rings is 2. The van der Waals surface area contributed by atoms with Crippen molar-refractivity contribution in [1.82, 2.24) is 9.88 Å². The number of aliphatic imine (C=N–C) groups is 1. The predicted molar refractivity (Wildman–Crippen MR) is 144 cm³/mol. The summed E-state index contributed by atoms with van der Waals surface area (Å²) in [5, 5.41) is 3.95. The number of amides is 2. The van der Waals surface area contributed by atoms with Crippen LogP contribution in [0.5, 0.6) is 11.6 Å². The Morgan fingerprint density at radius 1 is 1.08 bits per heavy atom. The molecule has 0 bridgehead atoms. The Morgan fingerprint density at radius 2 is 1.82 bits per heavy atom. The summed E-state index contributed by atoms with van der Waals surface area (Å²) in [7, 11) is 0. The van der Waals surface area contributed by atoms with Gasteiger partial charge in [-0.25, -0.2) is 4.98 Å². The Balaban J connectivity index is 1.33. The van der Waals surface area contributed by atoms with Crippen LogP contribution in [0.4, 0.5) is 5.69 Å². The SMILES string of the molecule is NC(=O)c1cccc(Oc2ccc(NC3=NCC(C4CCOCC4)C(=O)N3Cc3ccc(Cl)cc3)cc2)n1. The van der Waals surface area contributed by atoms with E-state index < -0.39 is 5.91 Å². The zero-order chi connectivity index (χ0) is 26.5. The van der Waals surface area contributed by atoms with Crippen molar-refractivity contribution < 1.29 is 19.1 Å². The molecule has 3 aromatic rings. The molecule has 2 amide bonds. The number of hydrogen-bond acceptors (Lipinski definition) is 7. The summed E-state index contributed by atoms with van der Waals surface area (Å²) >= 11 is 6.07. The number of guanidine groups is 1. The maximum absolute atomic E-state index is 13.7. The van der Waals surface area contributed by atoms with E-state index in [9.17, 15) is 9.59 Å². The quantitative estimate of drug-likeness (QED) is 0.462. The second-order valence-electron chi connectivity index (χ2n) is 9.25. The summed E-state index contributed by atoms with van der Waals surface area (Å²) in [6, 6.07) is 19.5. The molecule has 3 heterocycles. The molecule has 3 N–H and O–H groups in total. The van der Waals surface area contributed by atoms with Gasteiger partial charge in [0.1, 0.15) is 11.4 Å². The topological polar surface area (TPSA) is 119 Å². The van der Waals surface area contributed by atoms with E-state index in [2.05, 4.69) is 10.3 Å². The van der Waals surface area contributed by atoms with Crippen LogP contribution in [0.15, 0.2) is 71.7 Å². The van der Waals surface area contributed by atoms with Crippen molar-refractivity contribution in [1.29, 1.82) is 0 Å². The summed E-state index contributed by atoms with van der Waals surface area (Å²) in [6.45, 7) is 2.17. The minimum absolute atomic E-state index is 0.0599. The number of nitrogens with two attached hydrogens (primary N) is 1. The van der Waals surface area contributed by atoms with Crippen LogP contribution in [0.1, 0.15) is 28.9 Å². The molecule has 196 valence electrons. The van der Waals surface area contributed by atoms with E-state index in [1.807, 2.05) is 36.4 Å². The van der Waals surface area contributed by atoms with E-state index in [1.54, 1.807) is 29.2 Å². The van der Waals surface area contributed by atoms with Gasteiger partial charge < -0.3 is 20.5 Å². The molecule has 5 rings (SSSR count). The van der Waals surface area contributed by atoms with Crippen molar-refractivity contribution in [3.63, 3.8) is 0 Å². The van der Waals surface area contributed by atoms with Crippen LogP contribution in [0.25, 0.3) is 0 Å². The van der Waals surface area contributed by atoms with Crippen molar-refractivity contribution in [2.75, 3.05) is 25.1 Å². The highest BCUT2D eigenvalue weighted by molar-refractivity contribution is 6.30. The van der Waals surface area contributed by atoms with E-state index in [4.69, 9.17) is 31.8 Å². The Morgan fingerprint density at radius 3 is 2.53 bits per heavy atom. The number of anilines is 1. The number of pyridine rings is 1. The molecule has 38 heavy (non-hydrogen) atoms. The highest BCUT2D eigenvalue weighted by Crippen LogP contribution is 2.30. The second-order valence-corrected chi connectivity index (χ2v) is 9.68. The van der Waals surface area contributed by atoms with Gasteiger partial charge in [-0.15, -0.1) is 0 Å². The number of nitrogens with one attached hydrogen (secondary N) is 1. The average Bonchev–Trinajstić information content (AvgIpc) is 2.93. The summed E-state index contributed by atoms with van der Waals surface area (Å²) in [5.41, 5.74) is 7.12. The predicted octanol–water partition coefficient (Wildman–Crippen LogP) is 4.48. The zero-order valence-electron chi connectivity index (χ0n) is 20.7. The highest BCUT2D eigenvalue weighted by Gasteiger charge is 2.37. The maximum atomic E-state index is 13.7. The number of aromatic nitrogens is 1. The number of carbonyl (C=O) groups is 2. The molecule has 0 saturated carbocycles. The maximum Gasteiger partial charge on any atom is 0.267 e. The van der Waals surface area contributed by atoms with Crippen LogP contribution in [-0.4, -0.2) is 47.4 Å². The zero-order valence-corrected chi connectivity index (χ0v) is 21.4. The van der Waals surface area contributed by atoms with Crippen LogP contribution in [-0.2, 0) is 16.1 Å². The van der Waals surface area contributed by atoms with Crippen LogP contribution in [0.3, 0.4) is 0 Å². The third-order valence-corrected chi connectivity index (χ3v) is 6.93. The van der Waals surface area contributed by atoms with Gasteiger partial charge in [-0.1, -0.05) is 29.8 Å². The number of halogens is 1. The third kappa shape index (κ3) is 6.12. The Bertz CT molecular complexity index is 1320. The van der Waals surface area contributed by atoms with E-state index in [0.29, 0.717) is 43.0 Å². The van der Waals surface area contributed by atoms with Gasteiger partial charge in [0.15, 0.2) is 0 Å². The average molecular weight is 534 g/mol. The van der Waals surface area contributed by atoms with Gasteiger partial charge in [0.25, 0.3) is 5.91 Å². The van der Waals surface area contributed by atoms with Gasteiger partial charge in [0.05, 0.1) is 19.0 Å². The molecule has 1 fully saturated rings. The summed E-state index contributed by atoms with van der Waals surface area (Å²) < 4.78 is 11.3. The van der Waals surface area contributed by atoms with Crippen molar-refractivity contribution in [2.45, 2.75) is 19.4 Å². The lowest BCUT2D eigenvalue weighted by Crippen LogP contribution is -2.50. The van der Waals surface area contributed by atoms with Crippen molar-refractivity contribution in [3.05, 3.63) is 83.0 Å². The highest BCUT2D eigenvalue weighted by atomic mass is 35.5. The summed E-state index contributed by atoms with van der Waals surface area (Å²) in [4.78, 5) is 35.7. The van der Waals surface area contributed by atoms with E-state index in [-0.39, 0.29) is 29.3 Å². The molecular weight excluding hydrogens is 506 g/mol. The van der Waals surface area contributed by atoms with Crippen LogP contribution in [0, 0.1) is 11.8 Å². The van der Waals surface area contributed by atoms with Crippen molar-refractivity contribution >= 4 is 35.1 Å². The van der Waals surface area contributed by atoms with Crippen LogP contribution < -0.4 is 15.8 Å². The first-order valence-electron chi connectivity index (χ1n) is 12.5. The molecule has 2 aliphatic rings. The van der Waals surface area contributed by atoms with E-state index in [0.717, 1.165) is 24.1 Å². The Labute approximate surface area is 225 Å². The van der Waals surface area contributed by atoms with E-state index in [1.165, 1.54) is 6.07 Å². The second kappa shape index (κ2) is 11.6. The number of primary amides is 1. The molecule has 0 spiro atoms. The summed E-state index contributed by atoms with van der Waals surface area (Å²) in [5.74, 6) is 0.813. The van der Waals surface area contributed by atoms with Gasteiger partial charge in [0, 0.05) is 30.0 Å². The number of nitrogens with zero attached hydrogens (tertiary/aromatic N) is 3. The molecule has 1 aromatic heterocycles. The fourth-order valence-corrected chi connectivity index (χ4v) is 4.74. The largest absolute Gasteiger partial charge is 0.439 e. The molecule has 1 atom stereocenters. The molecule has 9 nitrogen and oxygen atoms in total. The molecule has 0 radical (unpaired) electrons. The van der Waals surface area contributed by atoms with E-state index >= 15 is 0 Å². The van der Waals surface area contributed by atoms with Crippen LogP contribution >= 0.6 is 11.6 Å². The van der Waals surface area contributed by atoms with Gasteiger partial charge in [-0.2, -0.15) is 0 Å². The molecule has 0 aliphatic carbocycles. The lowest BCUT2D eigenvalue weighted by molar-refractivity contribution is -0.135. The van der Waals surface area contributed by atoms with Crippen molar-refractivity contribution in [2.24, 2.45) is 22.6 Å². The van der Waals surface area contributed by atoms with Crippen LogP contribution in [0.2, 0.25) is 5.02 Å². The van der Waals surface area contributed by atoms with Gasteiger partial charge in [0.2, 0.25) is 17.7 Å². The third-order valence-electron chi connectivity index (χ3n) is 6.67. The Kier molecular flexibility index (Phi) is 7.86. The molecular formula is C28H28ClN5O4. The monoisotopic (exact) mass is 533 g/mol. The number of carbonyl (C=O) groups excluding carboxylic acids is 2. The minimum atomic E-state index is -0.625.